The van der Waals surface area contributed by atoms with Crippen molar-refractivity contribution in [3.63, 3.8) is 0 Å². The molecule has 1 saturated carbocycles. The number of carbonyl (C=O) groups excluding carboxylic acids is 1. The maximum Gasteiger partial charge on any atom is 0.547 e. The van der Waals surface area contributed by atoms with E-state index in [1.54, 1.807) is 12.1 Å². The van der Waals surface area contributed by atoms with Gasteiger partial charge in [0, 0.05) is 24.6 Å². The molecule has 1 heterocycles. The summed E-state index contributed by atoms with van der Waals surface area (Å²) in [7, 11) is -1.24. The Morgan fingerprint density at radius 3 is 2.68 bits per heavy atom. The molecule has 0 aromatic heterocycles. The molecule has 3 rings (SSSR count). The number of aliphatic hydroxyl groups excluding tert-OH is 2. The number of benzene rings is 1. The number of rotatable bonds is 7. The highest BCUT2D eigenvalue weighted by Gasteiger charge is 2.37. The van der Waals surface area contributed by atoms with Gasteiger partial charge in [-0.1, -0.05) is 18.2 Å². The van der Waals surface area contributed by atoms with Crippen LogP contribution in [0.25, 0.3) is 0 Å². The van der Waals surface area contributed by atoms with E-state index in [1.807, 2.05) is 0 Å². The quantitative estimate of drug-likeness (QED) is 0.276. The van der Waals surface area contributed by atoms with Crippen LogP contribution < -0.4 is 15.3 Å². The fourth-order valence-electron chi connectivity index (χ4n) is 4.14. The van der Waals surface area contributed by atoms with Gasteiger partial charge in [-0.2, -0.15) is 0 Å². The van der Waals surface area contributed by atoms with E-state index in [0.717, 1.165) is 31.2 Å². The molecule has 154 valence electrons. The van der Waals surface area contributed by atoms with Crippen molar-refractivity contribution in [3.05, 3.63) is 29.3 Å². The van der Waals surface area contributed by atoms with E-state index in [2.05, 4.69) is 10.6 Å². The number of amides is 1. The number of nitrogens with one attached hydrogen (secondary N) is 2. The van der Waals surface area contributed by atoms with Crippen LogP contribution in [0.5, 0.6) is 5.75 Å². The standard InChI is InChI=1S/C19H29BN2O6/c23-9-8-21-14-6-4-12(5-7-14)10-17(24)22-16-11-13-2-1-3-15(19(25)26)18(13)28-20(16)27/h1-3,12,14,16,19,21,23,25-27H,4-11H2,(H,22,24). The maximum atomic E-state index is 12.5. The number of hydrogen-bond donors (Lipinski definition) is 6. The van der Waals surface area contributed by atoms with Gasteiger partial charge in [0.2, 0.25) is 5.91 Å². The van der Waals surface area contributed by atoms with Gasteiger partial charge in [0.1, 0.15) is 5.75 Å². The highest BCUT2D eigenvalue weighted by Crippen LogP contribution is 2.33. The summed E-state index contributed by atoms with van der Waals surface area (Å²) in [6, 6.07) is 5.41. The van der Waals surface area contributed by atoms with Crippen LogP contribution >= 0.6 is 0 Å². The minimum atomic E-state index is -1.68. The fraction of sp³-hybridized carbons (Fsp3) is 0.632. The monoisotopic (exact) mass is 392 g/mol. The third-order valence-electron chi connectivity index (χ3n) is 5.64. The summed E-state index contributed by atoms with van der Waals surface area (Å²) in [4.78, 5) is 12.5. The van der Waals surface area contributed by atoms with E-state index in [9.17, 15) is 20.0 Å². The molecule has 9 heteroatoms. The SMILES string of the molecule is O=C(CC1CCC(NCCO)CC1)NC1Cc2cccc(C(O)O)c2OB1O. The Hall–Kier alpha value is -1.65. The zero-order valence-corrected chi connectivity index (χ0v) is 15.9. The molecule has 0 saturated heterocycles. The topological polar surface area (TPSA) is 131 Å². The molecule has 0 bridgehead atoms. The first-order chi connectivity index (χ1) is 13.5. The van der Waals surface area contributed by atoms with Crippen LogP contribution in [0.3, 0.4) is 0 Å². The second-order valence-electron chi connectivity index (χ2n) is 7.70. The van der Waals surface area contributed by atoms with Crippen LogP contribution in [-0.4, -0.2) is 58.5 Å². The lowest BCUT2D eigenvalue weighted by Crippen LogP contribution is -2.53. The zero-order valence-electron chi connectivity index (χ0n) is 15.9. The largest absolute Gasteiger partial charge is 0.547 e. The van der Waals surface area contributed by atoms with E-state index < -0.39 is 19.3 Å². The molecule has 1 amide bonds. The Morgan fingerprint density at radius 2 is 2.00 bits per heavy atom. The van der Waals surface area contributed by atoms with Crippen molar-refractivity contribution >= 4 is 13.0 Å². The van der Waals surface area contributed by atoms with Gasteiger partial charge in [-0.3, -0.25) is 4.79 Å². The Balaban J connectivity index is 1.51. The number of para-hydroxylation sites is 1. The van der Waals surface area contributed by atoms with Crippen molar-refractivity contribution in [3.8, 4) is 5.75 Å². The minimum absolute atomic E-state index is 0.110. The van der Waals surface area contributed by atoms with Crippen LogP contribution in [0.1, 0.15) is 49.5 Å². The molecule has 28 heavy (non-hydrogen) atoms. The molecule has 8 nitrogen and oxygen atoms in total. The van der Waals surface area contributed by atoms with Gasteiger partial charge in [-0.15, -0.1) is 0 Å². The van der Waals surface area contributed by atoms with Crippen LogP contribution in [-0.2, 0) is 11.2 Å². The Labute approximate surface area is 165 Å². The second-order valence-corrected chi connectivity index (χ2v) is 7.70. The van der Waals surface area contributed by atoms with Crippen molar-refractivity contribution in [1.82, 2.24) is 10.6 Å². The van der Waals surface area contributed by atoms with Crippen molar-refractivity contribution in [1.29, 1.82) is 0 Å². The van der Waals surface area contributed by atoms with Crippen LogP contribution in [0, 0.1) is 5.92 Å². The Bertz CT molecular complexity index is 666. The maximum absolute atomic E-state index is 12.5. The molecule has 1 unspecified atom stereocenters. The molecule has 1 aliphatic carbocycles. The molecule has 0 spiro atoms. The van der Waals surface area contributed by atoms with Gasteiger partial charge >= 0.3 is 7.12 Å². The van der Waals surface area contributed by atoms with Gasteiger partial charge in [0.05, 0.1) is 12.5 Å². The van der Waals surface area contributed by atoms with Crippen molar-refractivity contribution < 1.29 is 29.8 Å². The predicted molar refractivity (Wildman–Crippen MR) is 103 cm³/mol. The van der Waals surface area contributed by atoms with E-state index >= 15 is 0 Å². The average Bonchev–Trinajstić information content (AvgIpc) is 2.67. The number of fused-ring (bicyclic) bond motifs is 1. The number of aliphatic hydroxyl groups is 3. The molecule has 1 aromatic carbocycles. The summed E-state index contributed by atoms with van der Waals surface area (Å²) < 4.78 is 5.47. The van der Waals surface area contributed by atoms with Crippen LogP contribution in [0.2, 0.25) is 0 Å². The first-order valence-corrected chi connectivity index (χ1v) is 9.94. The van der Waals surface area contributed by atoms with Gasteiger partial charge < -0.3 is 35.6 Å². The molecule has 2 aliphatic rings. The van der Waals surface area contributed by atoms with Gasteiger partial charge in [0.25, 0.3) is 0 Å². The number of carbonyl (C=O) groups is 1. The summed E-state index contributed by atoms with van der Waals surface area (Å²) in [6.45, 7) is 0.738. The lowest BCUT2D eigenvalue weighted by Gasteiger charge is -2.31. The van der Waals surface area contributed by atoms with E-state index in [1.165, 1.54) is 6.07 Å². The summed E-state index contributed by atoms with van der Waals surface area (Å²) in [5.41, 5.74) is 0.921. The summed E-state index contributed by atoms with van der Waals surface area (Å²) in [5.74, 6) is -0.101. The highest BCUT2D eigenvalue weighted by atomic mass is 16.5. The lowest BCUT2D eigenvalue weighted by atomic mass is 9.72. The Morgan fingerprint density at radius 1 is 1.25 bits per heavy atom. The van der Waals surface area contributed by atoms with Crippen LogP contribution in [0.15, 0.2) is 18.2 Å². The highest BCUT2D eigenvalue weighted by molar-refractivity contribution is 6.46. The smallest absolute Gasteiger partial charge is 0.534 e. The third kappa shape index (κ3) is 5.24. The fourth-order valence-corrected chi connectivity index (χ4v) is 4.14. The summed E-state index contributed by atoms with van der Waals surface area (Å²) in [5, 5.41) is 44.2. The average molecular weight is 392 g/mol. The molecule has 6 N–H and O–H groups in total. The molecule has 0 radical (unpaired) electrons. The van der Waals surface area contributed by atoms with Gasteiger partial charge in [-0.25, -0.2) is 0 Å². The first-order valence-electron chi connectivity index (χ1n) is 9.94. The van der Waals surface area contributed by atoms with Gasteiger partial charge in [-0.05, 0) is 43.6 Å². The Kier molecular flexibility index (Phi) is 7.31. The predicted octanol–water partition coefficient (Wildman–Crippen LogP) is -0.360. The van der Waals surface area contributed by atoms with E-state index in [0.29, 0.717) is 31.3 Å². The minimum Gasteiger partial charge on any atom is -0.534 e. The number of hydrogen-bond acceptors (Lipinski definition) is 7. The van der Waals surface area contributed by atoms with Gasteiger partial charge in [0.15, 0.2) is 6.29 Å². The molecule has 1 aliphatic heterocycles. The molecular formula is C19H29BN2O6. The summed E-state index contributed by atoms with van der Waals surface area (Å²) >= 11 is 0. The molecule has 1 atom stereocenters. The van der Waals surface area contributed by atoms with Crippen molar-refractivity contribution in [2.45, 2.75) is 56.8 Å². The van der Waals surface area contributed by atoms with E-state index in [4.69, 9.17) is 9.76 Å². The summed E-state index contributed by atoms with van der Waals surface area (Å²) in [6.07, 6.45) is 3.00. The second kappa shape index (κ2) is 9.71. The lowest BCUT2D eigenvalue weighted by molar-refractivity contribution is -0.122. The molecule has 1 fully saturated rings. The first kappa shape index (κ1) is 21.1. The third-order valence-corrected chi connectivity index (χ3v) is 5.64. The van der Waals surface area contributed by atoms with Crippen molar-refractivity contribution in [2.24, 2.45) is 5.92 Å². The molecule has 1 aromatic rings. The van der Waals surface area contributed by atoms with Crippen LogP contribution in [0.4, 0.5) is 0 Å². The normalized spacial score (nSPS) is 24.6. The van der Waals surface area contributed by atoms with Crippen molar-refractivity contribution in [2.75, 3.05) is 13.2 Å². The molecular weight excluding hydrogens is 363 g/mol. The zero-order chi connectivity index (χ0) is 20.1. The van der Waals surface area contributed by atoms with E-state index in [-0.39, 0.29) is 23.8 Å².